The molecular weight excluding hydrogens is 431 g/mol. The summed E-state index contributed by atoms with van der Waals surface area (Å²) in [5, 5.41) is 6.91. The van der Waals surface area contributed by atoms with Crippen LogP contribution >= 0.6 is 0 Å². The first kappa shape index (κ1) is 21.7. The lowest BCUT2D eigenvalue weighted by Gasteiger charge is -2.18. The fourth-order valence-electron chi connectivity index (χ4n) is 3.11. The number of pyridine rings is 1. The van der Waals surface area contributed by atoms with Crippen LogP contribution in [0.2, 0.25) is 0 Å². The number of nitrogens with zero attached hydrogens (tertiary/aromatic N) is 5. The minimum absolute atomic E-state index is 0.0325. The number of methoxy groups -OCH3 is 2. The molecule has 0 aliphatic carbocycles. The van der Waals surface area contributed by atoms with Crippen LogP contribution in [0.15, 0.2) is 54.9 Å². The molecule has 11 heteroatoms. The number of hydrogen-bond acceptors (Lipinski definition) is 7. The summed E-state index contributed by atoms with van der Waals surface area (Å²) >= 11 is 0. The molecule has 33 heavy (non-hydrogen) atoms. The highest BCUT2D eigenvalue weighted by Gasteiger charge is 2.19. The Labute approximate surface area is 187 Å². The van der Waals surface area contributed by atoms with E-state index in [1.165, 1.54) is 41.8 Å². The zero-order chi connectivity index (χ0) is 23.5. The Hall–Kier alpha value is -4.54. The van der Waals surface area contributed by atoms with Crippen molar-refractivity contribution in [2.45, 2.75) is 0 Å². The molecule has 4 rings (SSSR count). The summed E-state index contributed by atoms with van der Waals surface area (Å²) in [6, 6.07) is 10.7. The Morgan fingerprint density at radius 3 is 2.58 bits per heavy atom. The van der Waals surface area contributed by atoms with Gasteiger partial charge in [0.05, 0.1) is 26.1 Å². The van der Waals surface area contributed by atoms with E-state index in [1.54, 1.807) is 43.7 Å². The maximum atomic E-state index is 13.7. The number of fused-ring (bicyclic) bond motifs is 1. The molecule has 0 bridgehead atoms. The largest absolute Gasteiger partial charge is 0.494 e. The number of ether oxygens (including phenoxy) is 2. The summed E-state index contributed by atoms with van der Waals surface area (Å²) < 4.78 is 24.8. The van der Waals surface area contributed by atoms with Gasteiger partial charge in [0.1, 0.15) is 11.5 Å². The van der Waals surface area contributed by atoms with E-state index in [0.717, 1.165) is 0 Å². The molecule has 0 saturated heterocycles. The minimum atomic E-state index is -0.627. The first-order chi connectivity index (χ1) is 15.9. The molecule has 1 aromatic carbocycles. The van der Waals surface area contributed by atoms with Gasteiger partial charge in [0, 0.05) is 30.6 Å². The highest BCUT2D eigenvalue weighted by Crippen LogP contribution is 2.25. The van der Waals surface area contributed by atoms with Gasteiger partial charge in [0.25, 0.3) is 5.91 Å². The number of hydrogen-bond donors (Lipinski definition) is 1. The maximum absolute atomic E-state index is 13.7. The van der Waals surface area contributed by atoms with E-state index in [1.807, 2.05) is 0 Å². The van der Waals surface area contributed by atoms with Crippen LogP contribution in [0.4, 0.5) is 20.7 Å². The molecule has 0 spiro atoms. The number of rotatable bonds is 5. The second-order valence-electron chi connectivity index (χ2n) is 6.86. The molecule has 3 aromatic heterocycles. The van der Waals surface area contributed by atoms with Gasteiger partial charge < -0.3 is 14.4 Å². The van der Waals surface area contributed by atoms with Crippen molar-refractivity contribution < 1.29 is 23.5 Å². The van der Waals surface area contributed by atoms with E-state index in [0.29, 0.717) is 28.4 Å². The van der Waals surface area contributed by atoms with Gasteiger partial charge in [0.15, 0.2) is 17.2 Å². The van der Waals surface area contributed by atoms with E-state index in [2.05, 4.69) is 25.1 Å². The zero-order valence-corrected chi connectivity index (χ0v) is 17.9. The van der Waals surface area contributed by atoms with Gasteiger partial charge in [-0.1, -0.05) is 0 Å². The van der Waals surface area contributed by atoms with Gasteiger partial charge in [0.2, 0.25) is 0 Å². The van der Waals surface area contributed by atoms with Crippen molar-refractivity contribution in [2.24, 2.45) is 0 Å². The van der Waals surface area contributed by atoms with Crippen LogP contribution in [0.3, 0.4) is 0 Å². The highest BCUT2D eigenvalue weighted by molar-refractivity contribution is 6.04. The molecule has 1 N–H and O–H groups in total. The van der Waals surface area contributed by atoms with Gasteiger partial charge in [-0.05, 0) is 36.4 Å². The third kappa shape index (κ3) is 4.28. The average Bonchev–Trinajstić information content (AvgIpc) is 3.27. The Bertz CT molecular complexity index is 1340. The first-order valence-corrected chi connectivity index (χ1v) is 9.69. The Kier molecular flexibility index (Phi) is 5.85. The van der Waals surface area contributed by atoms with Gasteiger partial charge in [-0.2, -0.15) is 5.10 Å². The summed E-state index contributed by atoms with van der Waals surface area (Å²) in [4.78, 5) is 34.2. The number of carbonyl (C=O) groups excluding carboxylic acids is 2. The number of nitrogens with one attached hydrogen (secondary N) is 1. The lowest BCUT2D eigenvalue weighted by molar-refractivity contribution is 0.0987. The van der Waals surface area contributed by atoms with Crippen LogP contribution < -0.4 is 15.0 Å². The SMILES string of the molecule is COC(=O)Nc1ccc(-c2cnc3ccc(C(=O)N(C)c4ccc(F)c(OC)c4)nn23)cn1. The van der Waals surface area contributed by atoms with Crippen molar-refractivity contribution in [3.05, 3.63) is 66.4 Å². The molecule has 168 valence electrons. The van der Waals surface area contributed by atoms with Crippen LogP contribution in [0, 0.1) is 5.82 Å². The van der Waals surface area contributed by atoms with Crippen LogP contribution in [0.25, 0.3) is 16.9 Å². The highest BCUT2D eigenvalue weighted by atomic mass is 19.1. The number of anilines is 2. The van der Waals surface area contributed by atoms with E-state index in [9.17, 15) is 14.0 Å². The van der Waals surface area contributed by atoms with Gasteiger partial charge in [-0.3, -0.25) is 10.1 Å². The maximum Gasteiger partial charge on any atom is 0.412 e. The summed E-state index contributed by atoms with van der Waals surface area (Å²) in [6.45, 7) is 0. The van der Waals surface area contributed by atoms with Crippen molar-refractivity contribution >= 4 is 29.2 Å². The lowest BCUT2D eigenvalue weighted by atomic mass is 10.2. The number of amides is 2. The quantitative estimate of drug-likeness (QED) is 0.496. The molecule has 0 unspecified atom stereocenters. The van der Waals surface area contributed by atoms with Crippen LogP contribution in [0.5, 0.6) is 5.75 Å². The van der Waals surface area contributed by atoms with Gasteiger partial charge in [-0.15, -0.1) is 0 Å². The van der Waals surface area contributed by atoms with Crippen molar-refractivity contribution in [3.63, 3.8) is 0 Å². The van der Waals surface area contributed by atoms with E-state index in [-0.39, 0.29) is 11.4 Å². The summed E-state index contributed by atoms with van der Waals surface area (Å²) in [7, 11) is 4.18. The molecule has 0 aliphatic heterocycles. The summed E-state index contributed by atoms with van der Waals surface area (Å²) in [6.07, 6.45) is 2.52. The Morgan fingerprint density at radius 1 is 1.06 bits per heavy atom. The number of benzene rings is 1. The molecule has 3 heterocycles. The van der Waals surface area contributed by atoms with Crippen LogP contribution in [-0.4, -0.2) is 52.8 Å². The zero-order valence-electron chi connectivity index (χ0n) is 17.9. The molecule has 2 amide bonds. The Morgan fingerprint density at radius 2 is 1.88 bits per heavy atom. The van der Waals surface area contributed by atoms with Crippen molar-refractivity contribution in [1.29, 1.82) is 0 Å². The molecule has 0 fully saturated rings. The number of aromatic nitrogens is 4. The number of halogens is 1. The third-order valence-electron chi connectivity index (χ3n) is 4.88. The predicted molar refractivity (Wildman–Crippen MR) is 118 cm³/mol. The second-order valence-corrected chi connectivity index (χ2v) is 6.86. The van der Waals surface area contributed by atoms with Crippen LogP contribution in [-0.2, 0) is 4.74 Å². The van der Waals surface area contributed by atoms with Crippen LogP contribution in [0.1, 0.15) is 10.5 Å². The molecule has 0 atom stereocenters. The van der Waals surface area contributed by atoms with E-state index >= 15 is 0 Å². The minimum Gasteiger partial charge on any atom is -0.494 e. The molecule has 0 aliphatic rings. The fraction of sp³-hybridized carbons (Fsp3) is 0.136. The topological polar surface area (TPSA) is 111 Å². The van der Waals surface area contributed by atoms with E-state index < -0.39 is 17.8 Å². The predicted octanol–water partition coefficient (Wildman–Crippen LogP) is 3.39. The van der Waals surface area contributed by atoms with E-state index in [4.69, 9.17) is 4.74 Å². The molecular formula is C22H19FN6O4. The van der Waals surface area contributed by atoms with Crippen molar-refractivity contribution in [3.8, 4) is 17.0 Å². The molecule has 0 saturated carbocycles. The second kappa shape index (κ2) is 8.91. The normalized spacial score (nSPS) is 10.7. The van der Waals surface area contributed by atoms with Gasteiger partial charge >= 0.3 is 6.09 Å². The van der Waals surface area contributed by atoms with Crippen molar-refractivity contribution in [1.82, 2.24) is 19.6 Å². The molecule has 0 radical (unpaired) electrons. The monoisotopic (exact) mass is 450 g/mol. The summed E-state index contributed by atoms with van der Waals surface area (Å²) in [5.41, 5.74) is 2.41. The molecule has 10 nitrogen and oxygen atoms in total. The molecule has 4 aromatic rings. The third-order valence-corrected chi connectivity index (χ3v) is 4.88. The van der Waals surface area contributed by atoms with Crippen molar-refractivity contribution in [2.75, 3.05) is 31.5 Å². The number of imidazole rings is 1. The Balaban J connectivity index is 1.64. The fourth-order valence-corrected chi connectivity index (χ4v) is 3.11. The first-order valence-electron chi connectivity index (χ1n) is 9.69. The average molecular weight is 450 g/mol. The summed E-state index contributed by atoms with van der Waals surface area (Å²) in [5.74, 6) is -0.572. The van der Waals surface area contributed by atoms with Gasteiger partial charge in [-0.25, -0.2) is 23.7 Å². The smallest absolute Gasteiger partial charge is 0.412 e. The lowest BCUT2D eigenvalue weighted by Crippen LogP contribution is -2.27. The standard InChI is InChI=1S/C22H19FN6O4/c1-28(14-5-6-15(23)18(10-14)32-2)21(30)16-7-9-20-25-12-17(29(20)27-16)13-4-8-19(24-11-13)26-22(31)33-3/h4-12H,1-3H3,(H,24,26,31). The number of carbonyl (C=O) groups is 2.